The number of aromatic nitrogens is 4. The molecule has 0 unspecified atom stereocenters. The van der Waals surface area contributed by atoms with Crippen molar-refractivity contribution in [2.45, 2.75) is 52.6 Å². The average molecular weight is 425 g/mol. The van der Waals surface area contributed by atoms with Crippen LogP contribution in [0.2, 0.25) is 0 Å². The topological polar surface area (TPSA) is 78.3 Å². The maximum atomic E-state index is 12.4. The number of carbonyl (C=O) groups is 1. The maximum Gasteiger partial charge on any atom is 0.252 e. The zero-order chi connectivity index (χ0) is 21.1. The molecule has 8 heteroatoms. The summed E-state index contributed by atoms with van der Waals surface area (Å²) in [6.45, 7) is 7.91. The number of aromatic amines is 1. The molecule has 30 heavy (non-hydrogen) atoms. The highest BCUT2D eigenvalue weighted by Gasteiger charge is 2.13. The van der Waals surface area contributed by atoms with Crippen LogP contribution >= 0.6 is 12.2 Å². The Labute approximate surface area is 181 Å². The van der Waals surface area contributed by atoms with Gasteiger partial charge in [-0.2, -0.15) is 4.98 Å². The number of H-pyrrole nitrogens is 1. The summed E-state index contributed by atoms with van der Waals surface area (Å²) in [6, 6.07) is 8.56. The highest BCUT2D eigenvalue weighted by Crippen LogP contribution is 2.16. The average Bonchev–Trinajstić information content (AvgIpc) is 3.36. The Kier molecular flexibility index (Phi) is 6.24. The second kappa shape index (κ2) is 9.06. The molecule has 0 spiro atoms. The van der Waals surface area contributed by atoms with E-state index in [0.29, 0.717) is 29.9 Å². The predicted octanol–water partition coefficient (Wildman–Crippen LogP) is 3.25. The number of carbonyl (C=O) groups excluding carboxylic acids is 1. The first kappa shape index (κ1) is 20.7. The molecule has 0 atom stereocenters. The molecule has 0 radical (unpaired) electrons. The van der Waals surface area contributed by atoms with E-state index in [1.807, 2.05) is 13.8 Å². The fourth-order valence-electron chi connectivity index (χ4n) is 4.09. The summed E-state index contributed by atoms with van der Waals surface area (Å²) < 4.78 is 2.19. The van der Waals surface area contributed by atoms with Gasteiger partial charge in [0.1, 0.15) is 0 Å². The van der Waals surface area contributed by atoms with E-state index in [1.54, 1.807) is 4.52 Å². The number of amides is 1. The minimum atomic E-state index is 0.0357. The van der Waals surface area contributed by atoms with Gasteiger partial charge in [-0.25, -0.2) is 9.50 Å². The number of nitrogens with zero attached hydrogens (tertiary/aromatic N) is 4. The van der Waals surface area contributed by atoms with Gasteiger partial charge < -0.3 is 5.32 Å². The number of likely N-dealkylation sites (tertiary alicyclic amines) is 1. The first-order valence-electron chi connectivity index (χ1n) is 10.5. The Bertz CT molecular complexity index is 1100. The third-order valence-corrected chi connectivity index (χ3v) is 5.99. The Morgan fingerprint density at radius 1 is 1.13 bits per heavy atom. The number of hydrogen-bond acceptors (Lipinski definition) is 5. The van der Waals surface area contributed by atoms with Crippen LogP contribution < -0.4 is 5.32 Å². The second-order valence-corrected chi connectivity index (χ2v) is 8.39. The van der Waals surface area contributed by atoms with Crippen molar-refractivity contribution in [3.05, 3.63) is 57.1 Å². The third kappa shape index (κ3) is 4.76. The minimum absolute atomic E-state index is 0.0357. The molecule has 1 aromatic carbocycles. The van der Waals surface area contributed by atoms with Gasteiger partial charge in [-0.1, -0.05) is 24.3 Å². The summed E-state index contributed by atoms with van der Waals surface area (Å²) >= 11 is 5.10. The van der Waals surface area contributed by atoms with Gasteiger partial charge in [0.15, 0.2) is 0 Å². The quantitative estimate of drug-likeness (QED) is 0.569. The van der Waals surface area contributed by atoms with Crippen LogP contribution in [0.5, 0.6) is 0 Å². The van der Waals surface area contributed by atoms with Crippen molar-refractivity contribution in [1.29, 1.82) is 0 Å². The van der Waals surface area contributed by atoms with Crippen LogP contribution in [0.3, 0.4) is 0 Å². The number of rotatable bonds is 7. The maximum absolute atomic E-state index is 12.4. The van der Waals surface area contributed by atoms with E-state index in [4.69, 9.17) is 12.2 Å². The van der Waals surface area contributed by atoms with Gasteiger partial charge in [-0.15, -0.1) is 0 Å². The monoisotopic (exact) mass is 424 g/mol. The molecular weight excluding hydrogens is 396 g/mol. The van der Waals surface area contributed by atoms with Crippen molar-refractivity contribution < 1.29 is 4.79 Å². The van der Waals surface area contributed by atoms with E-state index < -0.39 is 0 Å². The standard InChI is InChI=1S/C22H28N6OS/c1-15-19(16(2)28-21(24-15)25-22(30)26-28)9-10-20(29)23-13-17-5-7-18(8-6-17)14-27-11-3-4-12-27/h5-8H,3-4,9-14H2,1-2H3,(H,23,29)(H,26,30). The van der Waals surface area contributed by atoms with Crippen molar-refractivity contribution in [1.82, 2.24) is 29.8 Å². The van der Waals surface area contributed by atoms with Crippen LogP contribution in [0, 0.1) is 18.6 Å². The number of fused-ring (bicyclic) bond motifs is 1. The Balaban J connectivity index is 1.30. The summed E-state index contributed by atoms with van der Waals surface area (Å²) in [5.41, 5.74) is 5.37. The normalized spacial score (nSPS) is 14.5. The lowest BCUT2D eigenvalue weighted by atomic mass is 10.1. The van der Waals surface area contributed by atoms with Crippen LogP contribution in [0.1, 0.15) is 47.3 Å². The minimum Gasteiger partial charge on any atom is -0.352 e. The molecule has 158 valence electrons. The second-order valence-electron chi connectivity index (χ2n) is 8.00. The molecule has 0 bridgehead atoms. The first-order chi connectivity index (χ1) is 14.5. The van der Waals surface area contributed by atoms with E-state index in [0.717, 1.165) is 29.1 Å². The van der Waals surface area contributed by atoms with E-state index in [1.165, 1.54) is 31.5 Å². The van der Waals surface area contributed by atoms with Gasteiger partial charge in [0, 0.05) is 30.9 Å². The Morgan fingerprint density at radius 2 is 1.83 bits per heavy atom. The summed E-state index contributed by atoms with van der Waals surface area (Å²) in [4.78, 5) is 23.6. The van der Waals surface area contributed by atoms with E-state index in [2.05, 4.69) is 49.5 Å². The largest absolute Gasteiger partial charge is 0.352 e. The molecule has 3 heterocycles. The van der Waals surface area contributed by atoms with Crippen molar-refractivity contribution in [2.24, 2.45) is 0 Å². The van der Waals surface area contributed by atoms with Crippen LogP contribution in [0.15, 0.2) is 24.3 Å². The van der Waals surface area contributed by atoms with Gasteiger partial charge in [-0.3, -0.25) is 14.8 Å². The smallest absolute Gasteiger partial charge is 0.252 e. The lowest BCUT2D eigenvalue weighted by Gasteiger charge is -2.14. The predicted molar refractivity (Wildman–Crippen MR) is 119 cm³/mol. The molecular formula is C22H28N6OS. The van der Waals surface area contributed by atoms with E-state index >= 15 is 0 Å². The van der Waals surface area contributed by atoms with Crippen LogP contribution in [-0.4, -0.2) is 43.5 Å². The highest BCUT2D eigenvalue weighted by molar-refractivity contribution is 7.71. The highest BCUT2D eigenvalue weighted by atomic mass is 32.1. The van der Waals surface area contributed by atoms with Crippen LogP contribution in [-0.2, 0) is 24.3 Å². The van der Waals surface area contributed by atoms with Gasteiger partial charge in [0.25, 0.3) is 5.78 Å². The molecule has 4 rings (SSSR count). The summed E-state index contributed by atoms with van der Waals surface area (Å²) in [5, 5.41) is 6.04. The zero-order valence-electron chi connectivity index (χ0n) is 17.6. The molecule has 2 N–H and O–H groups in total. The number of hydrogen-bond donors (Lipinski definition) is 2. The van der Waals surface area contributed by atoms with E-state index in [9.17, 15) is 4.79 Å². The molecule has 1 aliphatic heterocycles. The number of benzene rings is 1. The molecule has 1 fully saturated rings. The third-order valence-electron chi connectivity index (χ3n) is 5.81. The fraction of sp³-hybridized carbons (Fsp3) is 0.455. The van der Waals surface area contributed by atoms with Gasteiger partial charge in [-0.05, 0) is 75.1 Å². The number of aryl methyl sites for hydroxylation is 2. The van der Waals surface area contributed by atoms with Gasteiger partial charge in [0.05, 0.1) is 0 Å². The van der Waals surface area contributed by atoms with Crippen molar-refractivity contribution >= 4 is 23.9 Å². The summed E-state index contributed by atoms with van der Waals surface area (Å²) in [6.07, 6.45) is 3.66. The van der Waals surface area contributed by atoms with Crippen LogP contribution in [0.25, 0.3) is 5.78 Å². The van der Waals surface area contributed by atoms with Crippen LogP contribution in [0.4, 0.5) is 0 Å². The van der Waals surface area contributed by atoms with Gasteiger partial charge >= 0.3 is 0 Å². The van der Waals surface area contributed by atoms with Crippen molar-refractivity contribution in [3.63, 3.8) is 0 Å². The summed E-state index contributed by atoms with van der Waals surface area (Å²) in [5.74, 6) is 0.602. The van der Waals surface area contributed by atoms with Gasteiger partial charge in [0.2, 0.25) is 10.7 Å². The Morgan fingerprint density at radius 3 is 2.57 bits per heavy atom. The molecule has 1 aliphatic rings. The zero-order valence-corrected chi connectivity index (χ0v) is 18.4. The number of nitrogens with one attached hydrogen (secondary N) is 2. The fourth-order valence-corrected chi connectivity index (χ4v) is 4.26. The Hall–Kier alpha value is -2.58. The molecule has 7 nitrogen and oxygen atoms in total. The molecule has 3 aromatic rings. The van der Waals surface area contributed by atoms with Crippen molar-refractivity contribution in [2.75, 3.05) is 13.1 Å². The lowest BCUT2D eigenvalue weighted by Crippen LogP contribution is -2.23. The molecule has 0 aliphatic carbocycles. The SMILES string of the molecule is Cc1nc2nc(=S)[nH]n2c(C)c1CCC(=O)NCc1ccc(CN2CCCC2)cc1. The van der Waals surface area contributed by atoms with E-state index in [-0.39, 0.29) is 5.91 Å². The van der Waals surface area contributed by atoms with Crippen molar-refractivity contribution in [3.8, 4) is 0 Å². The molecule has 0 saturated carbocycles. The summed E-state index contributed by atoms with van der Waals surface area (Å²) in [7, 11) is 0. The first-order valence-corrected chi connectivity index (χ1v) is 10.9. The molecule has 1 amide bonds. The lowest BCUT2D eigenvalue weighted by molar-refractivity contribution is -0.121. The molecule has 1 saturated heterocycles. The molecule has 2 aromatic heterocycles.